The lowest BCUT2D eigenvalue weighted by Gasteiger charge is -2.04. The summed E-state index contributed by atoms with van der Waals surface area (Å²) in [5, 5.41) is 14.8. The van der Waals surface area contributed by atoms with E-state index < -0.39 is 0 Å². The highest BCUT2D eigenvalue weighted by atomic mass is 79.9. The van der Waals surface area contributed by atoms with Gasteiger partial charge >= 0.3 is 0 Å². The summed E-state index contributed by atoms with van der Waals surface area (Å²) < 4.78 is 0.956. The van der Waals surface area contributed by atoms with Crippen molar-refractivity contribution < 1.29 is 4.79 Å². The molecule has 106 valence electrons. The minimum Gasteiger partial charge on any atom is -0.360 e. The van der Waals surface area contributed by atoms with Crippen molar-refractivity contribution in [1.82, 2.24) is 10.2 Å². The molecular weight excluding hydrogens is 340 g/mol. The van der Waals surface area contributed by atoms with E-state index >= 15 is 0 Å². The van der Waals surface area contributed by atoms with E-state index in [4.69, 9.17) is 0 Å². The van der Waals surface area contributed by atoms with Gasteiger partial charge in [0.2, 0.25) is 10.1 Å². The van der Waals surface area contributed by atoms with Crippen molar-refractivity contribution in [2.75, 3.05) is 17.2 Å². The average Bonchev–Trinajstić information content (AvgIpc) is 2.89. The molecule has 0 bridgehead atoms. The number of carbonyl (C=O) groups is 1. The Labute approximate surface area is 129 Å². The van der Waals surface area contributed by atoms with Crippen molar-refractivity contribution in [3.05, 3.63) is 33.2 Å². The number of aromatic nitrogens is 2. The quantitative estimate of drug-likeness (QED) is 0.859. The Morgan fingerprint density at radius 1 is 1.40 bits per heavy atom. The topological polar surface area (TPSA) is 66.9 Å². The van der Waals surface area contributed by atoms with Crippen LogP contribution in [0.25, 0.3) is 0 Å². The van der Waals surface area contributed by atoms with Gasteiger partial charge in [-0.2, -0.15) is 0 Å². The summed E-state index contributed by atoms with van der Waals surface area (Å²) >= 11 is 4.69. The van der Waals surface area contributed by atoms with Crippen molar-refractivity contribution in [2.45, 2.75) is 20.3 Å². The van der Waals surface area contributed by atoms with Crippen LogP contribution in [0.1, 0.15) is 28.7 Å². The van der Waals surface area contributed by atoms with Gasteiger partial charge in [-0.05, 0) is 31.0 Å². The summed E-state index contributed by atoms with van der Waals surface area (Å²) in [6, 6.07) is 5.66. The zero-order valence-electron chi connectivity index (χ0n) is 11.2. The van der Waals surface area contributed by atoms with E-state index in [0.29, 0.717) is 10.1 Å². The van der Waals surface area contributed by atoms with Gasteiger partial charge in [0.05, 0.1) is 0 Å². The molecule has 2 rings (SSSR count). The number of aryl methyl sites for hydroxylation is 1. The molecule has 5 nitrogen and oxygen atoms in total. The Morgan fingerprint density at radius 2 is 2.20 bits per heavy atom. The number of nitrogens with one attached hydrogen (secondary N) is 2. The van der Waals surface area contributed by atoms with Gasteiger partial charge in [0.25, 0.3) is 5.91 Å². The van der Waals surface area contributed by atoms with Gasteiger partial charge in [-0.25, -0.2) is 0 Å². The summed E-state index contributed by atoms with van der Waals surface area (Å²) in [5.74, 6) is -0.247. The predicted octanol–water partition coefficient (Wildman–Crippen LogP) is 3.68. The van der Waals surface area contributed by atoms with Gasteiger partial charge in [-0.1, -0.05) is 40.3 Å². The number of nitrogens with zero attached hydrogens (tertiary/aromatic N) is 2. The standard InChI is InChI=1S/C13H15BrN4OS/c1-3-6-15-13-18-17-12(20-13)11(19)16-9-5-4-8(2)10(14)7-9/h4-5,7H,3,6H2,1-2H3,(H,15,18)(H,16,19). The van der Waals surface area contributed by atoms with E-state index in [2.05, 4.69) is 43.7 Å². The van der Waals surface area contributed by atoms with E-state index in [9.17, 15) is 4.79 Å². The number of benzene rings is 1. The first-order chi connectivity index (χ1) is 9.60. The number of rotatable bonds is 5. The van der Waals surface area contributed by atoms with Crippen molar-refractivity contribution >= 4 is 44.0 Å². The molecule has 0 saturated carbocycles. The fraction of sp³-hybridized carbons (Fsp3) is 0.308. The maximum absolute atomic E-state index is 12.1. The molecule has 2 N–H and O–H groups in total. The lowest BCUT2D eigenvalue weighted by atomic mass is 10.2. The number of hydrogen-bond donors (Lipinski definition) is 2. The van der Waals surface area contributed by atoms with E-state index in [-0.39, 0.29) is 5.91 Å². The second-order valence-corrected chi connectivity index (χ2v) is 6.09. The third-order valence-corrected chi connectivity index (χ3v) is 4.31. The van der Waals surface area contributed by atoms with Crippen molar-refractivity contribution in [3.8, 4) is 0 Å². The molecule has 20 heavy (non-hydrogen) atoms. The van der Waals surface area contributed by atoms with Gasteiger partial charge in [0.1, 0.15) is 0 Å². The van der Waals surface area contributed by atoms with E-state index in [1.807, 2.05) is 25.1 Å². The monoisotopic (exact) mass is 354 g/mol. The Hall–Kier alpha value is -1.47. The van der Waals surface area contributed by atoms with Crippen LogP contribution in [0.4, 0.5) is 10.8 Å². The maximum Gasteiger partial charge on any atom is 0.286 e. The molecule has 1 aromatic heterocycles. The third kappa shape index (κ3) is 3.77. The second-order valence-electron chi connectivity index (χ2n) is 4.26. The van der Waals surface area contributed by atoms with E-state index in [0.717, 1.165) is 28.7 Å². The van der Waals surface area contributed by atoms with Gasteiger partial charge < -0.3 is 10.6 Å². The van der Waals surface area contributed by atoms with Gasteiger partial charge in [-0.15, -0.1) is 10.2 Å². The van der Waals surface area contributed by atoms with Crippen LogP contribution < -0.4 is 10.6 Å². The molecule has 0 aliphatic heterocycles. The first-order valence-electron chi connectivity index (χ1n) is 6.25. The molecule has 2 aromatic rings. The SMILES string of the molecule is CCCNc1nnc(C(=O)Nc2ccc(C)c(Br)c2)s1. The molecule has 0 radical (unpaired) electrons. The minimum atomic E-state index is -0.247. The van der Waals surface area contributed by atoms with E-state index in [1.54, 1.807) is 0 Å². The summed E-state index contributed by atoms with van der Waals surface area (Å²) in [6.07, 6.45) is 0.999. The fourth-order valence-electron chi connectivity index (χ4n) is 1.47. The lowest BCUT2D eigenvalue weighted by molar-refractivity contribution is 0.102. The Kier molecular flexibility index (Phi) is 5.08. The van der Waals surface area contributed by atoms with Crippen molar-refractivity contribution in [2.24, 2.45) is 0 Å². The Morgan fingerprint density at radius 3 is 2.90 bits per heavy atom. The summed E-state index contributed by atoms with van der Waals surface area (Å²) in [4.78, 5) is 12.1. The largest absolute Gasteiger partial charge is 0.360 e. The van der Waals surface area contributed by atoms with Gasteiger partial charge in [0.15, 0.2) is 0 Å². The predicted molar refractivity (Wildman–Crippen MR) is 85.5 cm³/mol. The highest BCUT2D eigenvalue weighted by Crippen LogP contribution is 2.22. The average molecular weight is 355 g/mol. The zero-order valence-corrected chi connectivity index (χ0v) is 13.6. The molecule has 0 unspecified atom stereocenters. The number of carbonyl (C=O) groups excluding carboxylic acids is 1. The normalized spacial score (nSPS) is 10.3. The Balaban J connectivity index is 2.03. The molecule has 0 fully saturated rings. The minimum absolute atomic E-state index is 0.247. The van der Waals surface area contributed by atoms with Crippen LogP contribution in [-0.2, 0) is 0 Å². The molecule has 0 spiro atoms. The molecular formula is C13H15BrN4OS. The maximum atomic E-state index is 12.1. The van der Waals surface area contributed by atoms with Crippen LogP contribution in [0.3, 0.4) is 0 Å². The van der Waals surface area contributed by atoms with E-state index in [1.165, 1.54) is 11.3 Å². The first kappa shape index (κ1) is 14.9. The second kappa shape index (κ2) is 6.81. The molecule has 1 aromatic carbocycles. The first-order valence-corrected chi connectivity index (χ1v) is 7.86. The lowest BCUT2D eigenvalue weighted by Crippen LogP contribution is -2.11. The molecule has 0 saturated heterocycles. The summed E-state index contributed by atoms with van der Waals surface area (Å²) in [5.41, 5.74) is 1.84. The van der Waals surface area contributed by atoms with Crippen LogP contribution in [0.2, 0.25) is 0 Å². The van der Waals surface area contributed by atoms with Crippen LogP contribution >= 0.6 is 27.3 Å². The van der Waals surface area contributed by atoms with Gasteiger partial charge in [0, 0.05) is 16.7 Å². The van der Waals surface area contributed by atoms with Crippen molar-refractivity contribution in [1.29, 1.82) is 0 Å². The number of hydrogen-bond acceptors (Lipinski definition) is 5. The molecule has 0 aliphatic rings. The molecule has 1 heterocycles. The van der Waals surface area contributed by atoms with Crippen LogP contribution in [0.5, 0.6) is 0 Å². The molecule has 7 heteroatoms. The molecule has 0 atom stereocenters. The van der Waals surface area contributed by atoms with Crippen molar-refractivity contribution in [3.63, 3.8) is 0 Å². The zero-order chi connectivity index (χ0) is 14.5. The third-order valence-electron chi connectivity index (χ3n) is 2.58. The summed E-state index contributed by atoms with van der Waals surface area (Å²) in [7, 11) is 0. The number of amides is 1. The fourth-order valence-corrected chi connectivity index (χ4v) is 2.52. The van der Waals surface area contributed by atoms with Crippen LogP contribution in [-0.4, -0.2) is 22.6 Å². The number of anilines is 2. The van der Waals surface area contributed by atoms with Crippen LogP contribution in [0, 0.1) is 6.92 Å². The van der Waals surface area contributed by atoms with Crippen LogP contribution in [0.15, 0.2) is 22.7 Å². The molecule has 0 aliphatic carbocycles. The smallest absolute Gasteiger partial charge is 0.286 e. The molecule has 1 amide bonds. The Bertz CT molecular complexity index is 614. The highest BCUT2D eigenvalue weighted by molar-refractivity contribution is 9.10. The number of halogens is 1. The highest BCUT2D eigenvalue weighted by Gasteiger charge is 2.13. The summed E-state index contributed by atoms with van der Waals surface area (Å²) in [6.45, 7) is 4.88. The van der Waals surface area contributed by atoms with Gasteiger partial charge in [-0.3, -0.25) is 4.79 Å².